The lowest BCUT2D eigenvalue weighted by Crippen LogP contribution is -2.26. The van der Waals surface area contributed by atoms with E-state index in [9.17, 15) is 4.79 Å². The molecular formula is C40H60FN6O2P. The fourth-order valence-electron chi connectivity index (χ4n) is 5.69. The summed E-state index contributed by atoms with van der Waals surface area (Å²) in [6.07, 6.45) is 5.17. The van der Waals surface area contributed by atoms with E-state index in [0.29, 0.717) is 34.5 Å². The van der Waals surface area contributed by atoms with E-state index in [1.54, 1.807) is 24.3 Å². The number of pyridine rings is 1. The third kappa shape index (κ3) is 11.8. The summed E-state index contributed by atoms with van der Waals surface area (Å²) in [7, 11) is 4.52. The maximum atomic E-state index is 15.1. The molecule has 0 radical (unpaired) electrons. The van der Waals surface area contributed by atoms with Crippen LogP contribution in [0.5, 0.6) is 0 Å². The van der Waals surface area contributed by atoms with Crippen molar-refractivity contribution in [1.29, 1.82) is 0 Å². The first kappa shape index (κ1) is 42.7. The molecule has 1 unspecified atom stereocenters. The Morgan fingerprint density at radius 2 is 1.76 bits per heavy atom. The van der Waals surface area contributed by atoms with Crippen LogP contribution in [-0.4, -0.2) is 72.4 Å². The average Bonchev–Trinajstić information content (AvgIpc) is 3.15. The Bertz CT molecular complexity index is 1650. The van der Waals surface area contributed by atoms with Gasteiger partial charge in [-0.25, -0.2) is 9.37 Å². The fourth-order valence-corrected chi connectivity index (χ4v) is 6.07. The minimum atomic E-state index is -0.499. The summed E-state index contributed by atoms with van der Waals surface area (Å²) in [4.78, 5) is 25.1. The number of rotatable bonds is 12. The molecule has 0 bridgehead atoms. The second-order valence-corrected chi connectivity index (χ2v) is 12.1. The Hall–Kier alpha value is -3.49. The van der Waals surface area contributed by atoms with Crippen LogP contribution in [0.1, 0.15) is 71.9 Å². The van der Waals surface area contributed by atoms with Crippen LogP contribution in [-0.2, 0) is 4.74 Å². The quantitative estimate of drug-likeness (QED) is 0.115. The van der Waals surface area contributed by atoms with Gasteiger partial charge in [0.15, 0.2) is 5.65 Å². The number of hydrogen-bond donors (Lipinski definition) is 2. The van der Waals surface area contributed by atoms with Gasteiger partial charge in [-0.2, -0.15) is 4.98 Å². The Labute approximate surface area is 302 Å². The second kappa shape index (κ2) is 23.1. The van der Waals surface area contributed by atoms with Crippen LogP contribution in [0.4, 0.5) is 10.3 Å². The van der Waals surface area contributed by atoms with Crippen molar-refractivity contribution in [2.45, 2.75) is 67.7 Å². The molecule has 0 spiro atoms. The second-order valence-electron chi connectivity index (χ2n) is 11.5. The lowest BCUT2D eigenvalue weighted by atomic mass is 10.00. The van der Waals surface area contributed by atoms with Crippen molar-refractivity contribution in [3.05, 3.63) is 82.4 Å². The molecule has 8 nitrogen and oxygen atoms in total. The topological polar surface area (TPSA) is 84.3 Å². The number of anilines is 1. The number of benzene rings is 2. The molecule has 1 atom stereocenters. The number of aryl methyl sites for hydroxylation is 1. The number of para-hydroxylation sites is 1. The van der Waals surface area contributed by atoms with E-state index in [-0.39, 0.29) is 11.2 Å². The molecule has 2 aromatic heterocycles. The molecule has 1 fully saturated rings. The van der Waals surface area contributed by atoms with Gasteiger partial charge in [0.25, 0.3) is 5.56 Å². The van der Waals surface area contributed by atoms with Crippen LogP contribution in [0.3, 0.4) is 0 Å². The SMILES string of the molecule is C=Cc1ccc(C)c(-c2nc(NCCCN(CC)CC)nc3c2ccc(=O)n3-c2c(F)cccc2P)c1.CC.CC.CNCC1CCOCC1. The summed E-state index contributed by atoms with van der Waals surface area (Å²) in [5, 5.41) is 7.75. The molecule has 274 valence electrons. The highest BCUT2D eigenvalue weighted by Gasteiger charge is 2.19. The van der Waals surface area contributed by atoms with Crippen LogP contribution in [0.25, 0.3) is 34.1 Å². The molecule has 4 aromatic rings. The van der Waals surface area contributed by atoms with Gasteiger partial charge in [0.1, 0.15) is 5.82 Å². The monoisotopic (exact) mass is 706 g/mol. The molecule has 2 N–H and O–H groups in total. The number of aromatic nitrogens is 3. The highest BCUT2D eigenvalue weighted by Crippen LogP contribution is 2.31. The molecule has 0 saturated carbocycles. The molecule has 0 amide bonds. The molecule has 2 aromatic carbocycles. The number of nitrogens with one attached hydrogen (secondary N) is 2. The van der Waals surface area contributed by atoms with Crippen LogP contribution >= 0.6 is 9.24 Å². The first-order chi connectivity index (χ1) is 24.3. The van der Waals surface area contributed by atoms with Gasteiger partial charge in [0, 0.05) is 36.8 Å². The Balaban J connectivity index is 0.000000567. The average molecular weight is 707 g/mol. The predicted octanol–water partition coefficient (Wildman–Crippen LogP) is 7.87. The van der Waals surface area contributed by atoms with Crippen molar-refractivity contribution in [3.63, 3.8) is 0 Å². The molecule has 10 heteroatoms. The Morgan fingerprint density at radius 3 is 2.38 bits per heavy atom. The van der Waals surface area contributed by atoms with Crippen molar-refractivity contribution in [2.24, 2.45) is 5.92 Å². The van der Waals surface area contributed by atoms with Gasteiger partial charge in [0.05, 0.1) is 11.4 Å². The van der Waals surface area contributed by atoms with Crippen LogP contribution in [0.2, 0.25) is 0 Å². The molecule has 1 aliphatic rings. The van der Waals surface area contributed by atoms with Crippen molar-refractivity contribution in [1.82, 2.24) is 24.8 Å². The molecule has 5 rings (SSSR count). The zero-order valence-electron chi connectivity index (χ0n) is 31.6. The number of nitrogens with zero attached hydrogens (tertiary/aromatic N) is 4. The third-order valence-corrected chi connectivity index (χ3v) is 8.87. The molecule has 1 aliphatic heterocycles. The van der Waals surface area contributed by atoms with Crippen molar-refractivity contribution in [3.8, 4) is 16.9 Å². The first-order valence-electron chi connectivity index (χ1n) is 18.2. The van der Waals surface area contributed by atoms with Crippen LogP contribution in [0.15, 0.2) is 59.9 Å². The summed E-state index contributed by atoms with van der Waals surface area (Å²) >= 11 is 0. The summed E-state index contributed by atoms with van der Waals surface area (Å²) in [6, 6.07) is 13.9. The summed E-state index contributed by atoms with van der Waals surface area (Å²) in [5.41, 5.74) is 3.70. The molecule has 0 aliphatic carbocycles. The smallest absolute Gasteiger partial charge is 0.256 e. The standard InChI is InChI=1S/C29H33FN5OP.C7H15NO.2C2H6/c1-5-20-13-12-19(4)22(18-20)26-21-14-15-25(36)35(27-23(30)10-8-11-24(27)37)28(21)33-29(32-26)31-16-9-17-34(6-2)7-3;1-8-6-7-2-4-9-5-3-7;2*1-2/h5,8,10-15,18H,1,6-7,9,16-17,37H2,2-4H3,(H,31,32,33);7-8H,2-6H2,1H3;2*1-2H3. The summed E-state index contributed by atoms with van der Waals surface area (Å²) < 4.78 is 21.6. The summed E-state index contributed by atoms with van der Waals surface area (Å²) in [6.45, 7) is 24.9. The molecule has 50 heavy (non-hydrogen) atoms. The first-order valence-corrected chi connectivity index (χ1v) is 18.8. The highest BCUT2D eigenvalue weighted by molar-refractivity contribution is 7.27. The van der Waals surface area contributed by atoms with E-state index >= 15 is 4.39 Å². The summed E-state index contributed by atoms with van der Waals surface area (Å²) in [5.74, 6) is 0.760. The van der Waals surface area contributed by atoms with Crippen molar-refractivity contribution in [2.75, 3.05) is 58.3 Å². The van der Waals surface area contributed by atoms with Crippen LogP contribution in [0, 0.1) is 18.7 Å². The van der Waals surface area contributed by atoms with E-state index in [1.807, 2.05) is 59.9 Å². The fraction of sp³-hybridized carbons (Fsp3) is 0.475. The predicted molar refractivity (Wildman–Crippen MR) is 216 cm³/mol. The molecule has 3 heterocycles. The van der Waals surface area contributed by atoms with Gasteiger partial charge in [-0.15, -0.1) is 9.24 Å². The minimum absolute atomic E-state index is 0.164. The lowest BCUT2D eigenvalue weighted by molar-refractivity contribution is 0.0669. The number of ether oxygens (including phenoxy) is 1. The zero-order valence-corrected chi connectivity index (χ0v) is 32.8. The lowest BCUT2D eigenvalue weighted by Gasteiger charge is -2.21. The third-order valence-electron chi connectivity index (χ3n) is 8.41. The maximum Gasteiger partial charge on any atom is 0.256 e. The maximum absolute atomic E-state index is 15.1. The number of fused-ring (bicyclic) bond motifs is 1. The van der Waals surface area contributed by atoms with Gasteiger partial charge >= 0.3 is 0 Å². The molecular weight excluding hydrogens is 646 g/mol. The largest absolute Gasteiger partial charge is 0.381 e. The van der Waals surface area contributed by atoms with Crippen molar-refractivity contribution < 1.29 is 9.13 Å². The van der Waals surface area contributed by atoms with Gasteiger partial charge in [-0.05, 0) is 100.0 Å². The minimum Gasteiger partial charge on any atom is -0.381 e. The Morgan fingerprint density at radius 1 is 1.06 bits per heavy atom. The van der Waals surface area contributed by atoms with E-state index in [0.717, 1.165) is 68.4 Å². The van der Waals surface area contributed by atoms with Crippen LogP contribution < -0.4 is 21.5 Å². The Kier molecular flexibility index (Phi) is 19.7. The van der Waals surface area contributed by atoms with Gasteiger partial charge < -0.3 is 20.3 Å². The number of hydrogen-bond acceptors (Lipinski definition) is 7. The zero-order chi connectivity index (χ0) is 37.1. The normalized spacial score (nSPS) is 12.6. The number of halogens is 1. The van der Waals surface area contributed by atoms with Gasteiger partial charge in [-0.3, -0.25) is 9.36 Å². The van der Waals surface area contributed by atoms with E-state index < -0.39 is 5.82 Å². The van der Waals surface area contributed by atoms with E-state index in [1.165, 1.54) is 29.5 Å². The van der Waals surface area contributed by atoms with E-state index in [4.69, 9.17) is 14.7 Å². The van der Waals surface area contributed by atoms with E-state index in [2.05, 4.69) is 45.2 Å². The van der Waals surface area contributed by atoms with Crippen molar-refractivity contribution >= 4 is 37.6 Å². The highest BCUT2D eigenvalue weighted by atomic mass is 31.0. The van der Waals surface area contributed by atoms with Gasteiger partial charge in [-0.1, -0.05) is 78.5 Å². The molecule has 1 saturated heterocycles. The van der Waals surface area contributed by atoms with Gasteiger partial charge in [0.2, 0.25) is 5.95 Å².